The summed E-state index contributed by atoms with van der Waals surface area (Å²) in [5, 5.41) is 2.86. The number of hydrogen-bond donors (Lipinski definition) is 1. The predicted octanol–water partition coefficient (Wildman–Crippen LogP) is 3.26. The standard InChI is InChI=1S/C20H25N3O3/c1-13(2)20(24)22-16-5-6-19(21-11-16)23-8-7-14-9-17(25-3)18(26-4)10-15(14)12-23/h5-6,9-11,13H,7-8,12H2,1-4H3,(H,22,24). The molecular weight excluding hydrogens is 330 g/mol. The number of rotatable bonds is 5. The molecule has 0 fully saturated rings. The SMILES string of the molecule is COc1cc2c(cc1OC)CN(c1ccc(NC(=O)C(C)C)cn1)CC2. The van der Waals surface area contributed by atoms with Gasteiger partial charge in [0.15, 0.2) is 11.5 Å². The van der Waals surface area contributed by atoms with Gasteiger partial charge in [-0.05, 0) is 41.8 Å². The lowest BCUT2D eigenvalue weighted by Crippen LogP contribution is -2.31. The van der Waals surface area contributed by atoms with Gasteiger partial charge in [-0.2, -0.15) is 0 Å². The summed E-state index contributed by atoms with van der Waals surface area (Å²) in [4.78, 5) is 18.5. The maximum Gasteiger partial charge on any atom is 0.226 e. The number of nitrogens with zero attached hydrogens (tertiary/aromatic N) is 2. The molecule has 1 aliphatic heterocycles. The molecule has 2 heterocycles. The van der Waals surface area contributed by atoms with Crippen LogP contribution in [-0.2, 0) is 17.8 Å². The van der Waals surface area contributed by atoms with E-state index in [2.05, 4.69) is 21.3 Å². The van der Waals surface area contributed by atoms with E-state index in [0.29, 0.717) is 0 Å². The van der Waals surface area contributed by atoms with Gasteiger partial charge in [-0.25, -0.2) is 4.98 Å². The third-order valence-electron chi connectivity index (χ3n) is 4.58. The number of fused-ring (bicyclic) bond motifs is 1. The molecule has 0 unspecified atom stereocenters. The minimum atomic E-state index is -0.0553. The van der Waals surface area contributed by atoms with E-state index in [1.807, 2.05) is 32.0 Å². The van der Waals surface area contributed by atoms with Crippen LogP contribution in [0.15, 0.2) is 30.5 Å². The zero-order valence-electron chi connectivity index (χ0n) is 15.7. The normalized spacial score (nSPS) is 13.3. The second kappa shape index (κ2) is 7.64. The first-order valence-electron chi connectivity index (χ1n) is 8.77. The molecule has 1 amide bonds. The summed E-state index contributed by atoms with van der Waals surface area (Å²) in [6, 6.07) is 7.94. The summed E-state index contributed by atoms with van der Waals surface area (Å²) >= 11 is 0. The molecule has 138 valence electrons. The quantitative estimate of drug-likeness (QED) is 0.892. The number of hydrogen-bond acceptors (Lipinski definition) is 5. The largest absolute Gasteiger partial charge is 0.493 e. The molecule has 26 heavy (non-hydrogen) atoms. The van der Waals surface area contributed by atoms with Crippen LogP contribution in [0.5, 0.6) is 11.5 Å². The third-order valence-corrected chi connectivity index (χ3v) is 4.58. The maximum atomic E-state index is 11.8. The van der Waals surface area contributed by atoms with Crippen LogP contribution in [0.2, 0.25) is 0 Å². The molecule has 2 aromatic rings. The smallest absolute Gasteiger partial charge is 0.226 e. The van der Waals surface area contributed by atoms with Crippen molar-refractivity contribution in [2.24, 2.45) is 5.92 Å². The number of nitrogens with one attached hydrogen (secondary N) is 1. The van der Waals surface area contributed by atoms with E-state index >= 15 is 0 Å². The highest BCUT2D eigenvalue weighted by Gasteiger charge is 2.20. The van der Waals surface area contributed by atoms with Crippen LogP contribution in [0.25, 0.3) is 0 Å². The summed E-state index contributed by atoms with van der Waals surface area (Å²) in [5.74, 6) is 2.34. The summed E-state index contributed by atoms with van der Waals surface area (Å²) < 4.78 is 10.8. The van der Waals surface area contributed by atoms with E-state index in [9.17, 15) is 4.79 Å². The third kappa shape index (κ3) is 3.74. The molecule has 0 aliphatic carbocycles. The van der Waals surface area contributed by atoms with Crippen LogP contribution < -0.4 is 19.7 Å². The monoisotopic (exact) mass is 355 g/mol. The zero-order chi connectivity index (χ0) is 18.7. The summed E-state index contributed by atoms with van der Waals surface area (Å²) in [5.41, 5.74) is 3.21. The van der Waals surface area contributed by atoms with Crippen molar-refractivity contribution in [3.63, 3.8) is 0 Å². The molecule has 0 bridgehead atoms. The Bertz CT molecular complexity index is 788. The first kappa shape index (κ1) is 18.0. The van der Waals surface area contributed by atoms with Crippen LogP contribution >= 0.6 is 0 Å². The summed E-state index contributed by atoms with van der Waals surface area (Å²) in [6.45, 7) is 5.38. The summed E-state index contributed by atoms with van der Waals surface area (Å²) in [7, 11) is 3.31. The van der Waals surface area contributed by atoms with E-state index in [1.165, 1.54) is 11.1 Å². The van der Waals surface area contributed by atoms with Crippen LogP contribution in [0.1, 0.15) is 25.0 Å². The van der Waals surface area contributed by atoms with Gasteiger partial charge in [0.2, 0.25) is 5.91 Å². The number of carbonyl (C=O) groups excluding carboxylic acids is 1. The Kier molecular flexibility index (Phi) is 5.30. The van der Waals surface area contributed by atoms with Crippen LogP contribution in [-0.4, -0.2) is 31.7 Å². The molecule has 1 N–H and O–H groups in total. The highest BCUT2D eigenvalue weighted by Crippen LogP contribution is 2.34. The highest BCUT2D eigenvalue weighted by atomic mass is 16.5. The van der Waals surface area contributed by atoms with Crippen molar-refractivity contribution >= 4 is 17.4 Å². The summed E-state index contributed by atoms with van der Waals surface area (Å²) in [6.07, 6.45) is 2.63. The molecule has 0 radical (unpaired) electrons. The number of methoxy groups -OCH3 is 2. The Balaban J connectivity index is 1.75. The van der Waals surface area contributed by atoms with Gasteiger partial charge in [0.05, 0.1) is 26.1 Å². The van der Waals surface area contributed by atoms with Crippen molar-refractivity contribution in [3.05, 3.63) is 41.6 Å². The van der Waals surface area contributed by atoms with Gasteiger partial charge < -0.3 is 19.7 Å². The molecule has 0 atom stereocenters. The number of pyridine rings is 1. The fraction of sp³-hybridized carbons (Fsp3) is 0.400. The average Bonchev–Trinajstić information content (AvgIpc) is 2.66. The number of ether oxygens (including phenoxy) is 2. The van der Waals surface area contributed by atoms with Crippen molar-refractivity contribution in [2.45, 2.75) is 26.8 Å². The van der Waals surface area contributed by atoms with E-state index in [0.717, 1.165) is 42.5 Å². The number of amides is 1. The minimum absolute atomic E-state index is 0.00695. The van der Waals surface area contributed by atoms with E-state index in [1.54, 1.807) is 20.4 Å². The molecule has 0 spiro atoms. The number of aromatic nitrogens is 1. The minimum Gasteiger partial charge on any atom is -0.493 e. The lowest BCUT2D eigenvalue weighted by Gasteiger charge is -2.30. The molecule has 6 nitrogen and oxygen atoms in total. The molecule has 3 rings (SSSR count). The number of anilines is 2. The predicted molar refractivity (Wildman–Crippen MR) is 102 cm³/mol. The van der Waals surface area contributed by atoms with E-state index in [-0.39, 0.29) is 11.8 Å². The van der Waals surface area contributed by atoms with Gasteiger partial charge >= 0.3 is 0 Å². The van der Waals surface area contributed by atoms with E-state index < -0.39 is 0 Å². The molecule has 1 aromatic carbocycles. The second-order valence-corrected chi connectivity index (χ2v) is 6.70. The van der Waals surface area contributed by atoms with Gasteiger partial charge in [0, 0.05) is 19.0 Å². The first-order chi connectivity index (χ1) is 12.5. The Morgan fingerprint density at radius 1 is 1.15 bits per heavy atom. The molecule has 1 aromatic heterocycles. The Hall–Kier alpha value is -2.76. The topological polar surface area (TPSA) is 63.7 Å². The van der Waals surface area contributed by atoms with Gasteiger partial charge in [-0.1, -0.05) is 13.8 Å². The molecule has 6 heteroatoms. The van der Waals surface area contributed by atoms with Crippen molar-refractivity contribution in [1.82, 2.24) is 4.98 Å². The van der Waals surface area contributed by atoms with Crippen molar-refractivity contribution in [2.75, 3.05) is 31.0 Å². The average molecular weight is 355 g/mol. The van der Waals surface area contributed by atoms with Crippen molar-refractivity contribution < 1.29 is 14.3 Å². The van der Waals surface area contributed by atoms with Crippen molar-refractivity contribution in [1.29, 1.82) is 0 Å². The molecule has 1 aliphatic rings. The molecule has 0 saturated heterocycles. The van der Waals surface area contributed by atoms with Gasteiger partial charge in [-0.15, -0.1) is 0 Å². The Morgan fingerprint density at radius 3 is 2.42 bits per heavy atom. The lowest BCUT2D eigenvalue weighted by atomic mass is 9.99. The van der Waals surface area contributed by atoms with Crippen LogP contribution in [0.3, 0.4) is 0 Å². The maximum absolute atomic E-state index is 11.8. The van der Waals surface area contributed by atoms with Crippen LogP contribution in [0.4, 0.5) is 11.5 Å². The fourth-order valence-electron chi connectivity index (χ4n) is 3.01. The van der Waals surface area contributed by atoms with Crippen LogP contribution in [0, 0.1) is 5.92 Å². The number of carbonyl (C=O) groups is 1. The van der Waals surface area contributed by atoms with Gasteiger partial charge in [0.25, 0.3) is 0 Å². The number of benzene rings is 1. The fourth-order valence-corrected chi connectivity index (χ4v) is 3.01. The highest BCUT2D eigenvalue weighted by molar-refractivity contribution is 5.91. The first-order valence-corrected chi connectivity index (χ1v) is 8.77. The van der Waals surface area contributed by atoms with Crippen molar-refractivity contribution in [3.8, 4) is 11.5 Å². The van der Waals surface area contributed by atoms with Gasteiger partial charge in [-0.3, -0.25) is 4.79 Å². The zero-order valence-corrected chi connectivity index (χ0v) is 15.7. The lowest BCUT2D eigenvalue weighted by molar-refractivity contribution is -0.118. The van der Waals surface area contributed by atoms with E-state index in [4.69, 9.17) is 9.47 Å². The second-order valence-electron chi connectivity index (χ2n) is 6.70. The van der Waals surface area contributed by atoms with Gasteiger partial charge in [0.1, 0.15) is 5.82 Å². The molecule has 0 saturated carbocycles. The molecular formula is C20H25N3O3. The Labute approximate surface area is 154 Å². The Morgan fingerprint density at radius 2 is 1.85 bits per heavy atom.